The van der Waals surface area contributed by atoms with Gasteiger partial charge in [-0.2, -0.15) is 0 Å². The van der Waals surface area contributed by atoms with E-state index >= 15 is 0 Å². The van der Waals surface area contributed by atoms with Crippen LogP contribution in [0.2, 0.25) is 0 Å². The third-order valence-corrected chi connectivity index (χ3v) is 5.44. The number of amides is 1. The minimum Gasteiger partial charge on any atom is -0.484 e. The first kappa shape index (κ1) is 17.7. The van der Waals surface area contributed by atoms with E-state index in [-0.39, 0.29) is 18.4 Å². The van der Waals surface area contributed by atoms with Gasteiger partial charge in [-0.15, -0.1) is 11.3 Å². The summed E-state index contributed by atoms with van der Waals surface area (Å²) in [4.78, 5) is 23.4. The Balaban J connectivity index is 1.38. The van der Waals surface area contributed by atoms with Gasteiger partial charge in [0.25, 0.3) is 5.91 Å². The summed E-state index contributed by atoms with van der Waals surface area (Å²) in [7, 11) is 0. The summed E-state index contributed by atoms with van der Waals surface area (Å²) < 4.78 is 7.77. The number of benzene rings is 1. The fourth-order valence-corrected chi connectivity index (χ4v) is 4.02. The van der Waals surface area contributed by atoms with Crippen LogP contribution >= 0.6 is 11.3 Å². The van der Waals surface area contributed by atoms with Gasteiger partial charge in [0.2, 0.25) is 0 Å². The van der Waals surface area contributed by atoms with Crippen LogP contribution in [0, 0.1) is 0 Å². The summed E-state index contributed by atoms with van der Waals surface area (Å²) in [6, 6.07) is 9.46. The van der Waals surface area contributed by atoms with Gasteiger partial charge in [0.1, 0.15) is 11.6 Å². The van der Waals surface area contributed by atoms with Gasteiger partial charge in [0.15, 0.2) is 6.61 Å². The van der Waals surface area contributed by atoms with Gasteiger partial charge in [-0.05, 0) is 25.0 Å². The maximum absolute atomic E-state index is 12.6. The van der Waals surface area contributed by atoms with Crippen molar-refractivity contribution in [2.45, 2.75) is 25.3 Å². The zero-order chi connectivity index (χ0) is 18.5. The number of carbonyl (C=O) groups is 1. The molecule has 0 unspecified atom stereocenters. The highest BCUT2D eigenvalue weighted by Crippen LogP contribution is 2.26. The Labute approximate surface area is 162 Å². The van der Waals surface area contributed by atoms with E-state index < -0.39 is 0 Å². The van der Waals surface area contributed by atoms with Crippen molar-refractivity contribution in [1.29, 1.82) is 0 Å². The molecule has 1 atom stereocenters. The molecule has 0 N–H and O–H groups in total. The number of thiazole rings is 1. The first-order valence-electron chi connectivity index (χ1n) is 9.13. The normalized spacial score (nSPS) is 17.0. The van der Waals surface area contributed by atoms with Crippen molar-refractivity contribution in [1.82, 2.24) is 19.4 Å². The molecule has 1 aromatic carbocycles. The number of ether oxygens (including phenoxy) is 1. The molecule has 4 rings (SSSR count). The second-order valence-electron chi connectivity index (χ2n) is 6.67. The molecule has 0 aliphatic carbocycles. The van der Waals surface area contributed by atoms with Gasteiger partial charge >= 0.3 is 0 Å². The van der Waals surface area contributed by atoms with Crippen LogP contribution in [0.5, 0.6) is 5.75 Å². The molecule has 27 heavy (non-hydrogen) atoms. The molecule has 1 aliphatic heterocycles. The summed E-state index contributed by atoms with van der Waals surface area (Å²) in [5.74, 6) is 2.02. The molecule has 3 aromatic rings. The second kappa shape index (κ2) is 8.35. The van der Waals surface area contributed by atoms with Gasteiger partial charge in [0.05, 0.1) is 17.7 Å². The molecule has 0 spiro atoms. The first-order chi connectivity index (χ1) is 13.3. The summed E-state index contributed by atoms with van der Waals surface area (Å²) in [5.41, 5.74) is 2.89. The number of hydrogen-bond donors (Lipinski definition) is 0. The Bertz CT molecular complexity index is 863. The fourth-order valence-electron chi connectivity index (χ4n) is 3.47. The molecule has 1 aliphatic rings. The highest BCUT2D eigenvalue weighted by Gasteiger charge is 2.27. The molecule has 6 nitrogen and oxygen atoms in total. The topological polar surface area (TPSA) is 60.2 Å². The number of nitrogens with zero attached hydrogens (tertiary/aromatic N) is 4. The Morgan fingerprint density at radius 3 is 2.96 bits per heavy atom. The number of likely N-dealkylation sites (tertiary alicyclic amines) is 1. The standard InChI is InChI=1S/C20H22N4O2S/c25-19(13-26-18-6-2-1-3-7-18)23-9-4-5-16(11-23)20-21-8-10-24(20)12-17-14-27-15-22-17/h1-3,6-8,10,14-16H,4-5,9,11-13H2/t16-/m1/s1. The maximum atomic E-state index is 12.6. The number of para-hydroxylation sites is 1. The lowest BCUT2D eigenvalue weighted by atomic mass is 9.97. The van der Waals surface area contributed by atoms with E-state index in [1.165, 1.54) is 0 Å². The Kier molecular flexibility index (Phi) is 5.48. The van der Waals surface area contributed by atoms with E-state index in [2.05, 4.69) is 19.9 Å². The van der Waals surface area contributed by atoms with Crippen molar-refractivity contribution in [2.24, 2.45) is 0 Å². The second-order valence-corrected chi connectivity index (χ2v) is 7.39. The van der Waals surface area contributed by atoms with Crippen LogP contribution in [-0.4, -0.2) is 45.0 Å². The number of piperidine rings is 1. The molecule has 2 aromatic heterocycles. The van der Waals surface area contributed by atoms with Crippen LogP contribution in [-0.2, 0) is 11.3 Å². The number of aromatic nitrogens is 3. The Morgan fingerprint density at radius 2 is 2.15 bits per heavy atom. The molecule has 140 valence electrons. The van der Waals surface area contributed by atoms with E-state index in [0.717, 1.165) is 43.2 Å². The van der Waals surface area contributed by atoms with Gasteiger partial charge in [0, 0.05) is 36.8 Å². The van der Waals surface area contributed by atoms with Crippen LogP contribution in [0.4, 0.5) is 0 Å². The van der Waals surface area contributed by atoms with Crippen molar-refractivity contribution in [3.05, 3.63) is 65.1 Å². The summed E-state index contributed by atoms with van der Waals surface area (Å²) in [6.07, 6.45) is 5.84. The number of rotatable bonds is 6. The average molecular weight is 382 g/mol. The maximum Gasteiger partial charge on any atom is 0.260 e. The van der Waals surface area contributed by atoms with Crippen molar-refractivity contribution >= 4 is 17.2 Å². The van der Waals surface area contributed by atoms with Gasteiger partial charge < -0.3 is 14.2 Å². The zero-order valence-electron chi connectivity index (χ0n) is 15.0. The lowest BCUT2D eigenvalue weighted by Crippen LogP contribution is -2.42. The predicted molar refractivity (Wildman–Crippen MR) is 104 cm³/mol. The molecule has 0 radical (unpaired) electrons. The Hall–Kier alpha value is -2.67. The van der Waals surface area contributed by atoms with E-state index in [1.807, 2.05) is 53.1 Å². The highest BCUT2D eigenvalue weighted by molar-refractivity contribution is 7.07. The van der Waals surface area contributed by atoms with Crippen molar-refractivity contribution in [3.63, 3.8) is 0 Å². The van der Waals surface area contributed by atoms with Crippen molar-refractivity contribution < 1.29 is 9.53 Å². The van der Waals surface area contributed by atoms with Crippen molar-refractivity contribution in [3.8, 4) is 5.75 Å². The molecule has 3 heterocycles. The third kappa shape index (κ3) is 4.36. The van der Waals surface area contributed by atoms with E-state index in [1.54, 1.807) is 11.3 Å². The van der Waals surface area contributed by atoms with E-state index in [0.29, 0.717) is 6.54 Å². The predicted octanol–water partition coefficient (Wildman–Crippen LogP) is 3.17. The van der Waals surface area contributed by atoms with Crippen molar-refractivity contribution in [2.75, 3.05) is 19.7 Å². The van der Waals surface area contributed by atoms with Gasteiger partial charge in [-0.3, -0.25) is 4.79 Å². The molecule has 0 bridgehead atoms. The lowest BCUT2D eigenvalue weighted by Gasteiger charge is -2.32. The molecular weight excluding hydrogens is 360 g/mol. The van der Waals surface area contributed by atoms with Crippen LogP contribution in [0.15, 0.2) is 53.6 Å². The molecule has 0 saturated carbocycles. The number of imidazole rings is 1. The van der Waals surface area contributed by atoms with Gasteiger partial charge in [-0.25, -0.2) is 9.97 Å². The monoisotopic (exact) mass is 382 g/mol. The fraction of sp³-hybridized carbons (Fsp3) is 0.350. The van der Waals surface area contributed by atoms with E-state index in [4.69, 9.17) is 4.74 Å². The Morgan fingerprint density at radius 1 is 1.26 bits per heavy atom. The van der Waals surface area contributed by atoms with Crippen LogP contribution in [0.1, 0.15) is 30.3 Å². The first-order valence-corrected chi connectivity index (χ1v) is 10.1. The summed E-state index contributed by atoms with van der Waals surface area (Å²) >= 11 is 1.60. The third-order valence-electron chi connectivity index (χ3n) is 4.81. The molecule has 1 saturated heterocycles. The van der Waals surface area contributed by atoms with Gasteiger partial charge in [-0.1, -0.05) is 18.2 Å². The SMILES string of the molecule is O=C(COc1ccccc1)N1CCC[C@@H](c2nccn2Cc2cscn2)C1. The minimum absolute atomic E-state index is 0.0289. The molecule has 1 fully saturated rings. The lowest BCUT2D eigenvalue weighted by molar-refractivity contribution is -0.134. The van der Waals surface area contributed by atoms with E-state index in [9.17, 15) is 4.79 Å². The quantitative estimate of drug-likeness (QED) is 0.657. The number of hydrogen-bond acceptors (Lipinski definition) is 5. The molecular formula is C20H22N4O2S. The molecule has 1 amide bonds. The molecule has 7 heteroatoms. The highest BCUT2D eigenvalue weighted by atomic mass is 32.1. The summed E-state index contributed by atoms with van der Waals surface area (Å²) in [5, 5.41) is 2.06. The zero-order valence-corrected chi connectivity index (χ0v) is 15.8. The van der Waals surface area contributed by atoms with Crippen LogP contribution in [0.25, 0.3) is 0 Å². The largest absolute Gasteiger partial charge is 0.484 e. The summed E-state index contributed by atoms with van der Waals surface area (Å²) in [6.45, 7) is 2.26. The number of carbonyl (C=O) groups excluding carboxylic acids is 1. The minimum atomic E-state index is 0.0289. The van der Waals surface area contributed by atoms with Crippen LogP contribution < -0.4 is 4.74 Å². The van der Waals surface area contributed by atoms with Crippen LogP contribution in [0.3, 0.4) is 0 Å². The smallest absolute Gasteiger partial charge is 0.260 e. The average Bonchev–Trinajstić information content (AvgIpc) is 3.39.